The van der Waals surface area contributed by atoms with Gasteiger partial charge in [-0.25, -0.2) is 4.98 Å². The molecule has 174 valence electrons. The van der Waals surface area contributed by atoms with E-state index in [1.54, 1.807) is 19.4 Å². The van der Waals surface area contributed by atoms with Gasteiger partial charge in [-0.3, -0.25) is 14.5 Å². The molecular weight excluding hydrogens is 486 g/mol. The van der Waals surface area contributed by atoms with Crippen LogP contribution < -0.4 is 10.1 Å². The van der Waals surface area contributed by atoms with Crippen molar-refractivity contribution in [2.45, 2.75) is 19.8 Å². The van der Waals surface area contributed by atoms with Crippen molar-refractivity contribution >= 4 is 62.7 Å². The molecule has 4 rings (SSSR count). The van der Waals surface area contributed by atoms with Gasteiger partial charge in [0.15, 0.2) is 5.13 Å². The molecule has 1 saturated heterocycles. The molecule has 3 aromatic rings. The third-order valence-electron chi connectivity index (χ3n) is 5.11. The molecule has 1 fully saturated rings. The van der Waals surface area contributed by atoms with E-state index in [0.29, 0.717) is 14.4 Å². The Morgan fingerprint density at radius 2 is 2.03 bits per heavy atom. The van der Waals surface area contributed by atoms with Gasteiger partial charge in [0.05, 0.1) is 12.0 Å². The van der Waals surface area contributed by atoms with E-state index in [9.17, 15) is 9.59 Å². The maximum atomic E-state index is 12.8. The zero-order chi connectivity index (χ0) is 24.1. The highest BCUT2D eigenvalue weighted by Gasteiger charge is 2.32. The fourth-order valence-electron chi connectivity index (χ4n) is 3.41. The summed E-state index contributed by atoms with van der Waals surface area (Å²) in [6.45, 7) is 2.28. The maximum Gasteiger partial charge on any atom is 0.266 e. The quantitative estimate of drug-likeness (QED) is 0.329. The number of anilines is 1. The summed E-state index contributed by atoms with van der Waals surface area (Å²) in [4.78, 5) is 32.7. The number of carbonyl (C=O) groups excluding carboxylic acids is 2. The Hall–Kier alpha value is -3.01. The van der Waals surface area contributed by atoms with Crippen LogP contribution in [0.2, 0.25) is 0 Å². The second kappa shape index (κ2) is 10.9. The van der Waals surface area contributed by atoms with E-state index < -0.39 is 0 Å². The molecule has 34 heavy (non-hydrogen) atoms. The van der Waals surface area contributed by atoms with Gasteiger partial charge >= 0.3 is 0 Å². The van der Waals surface area contributed by atoms with Crippen molar-refractivity contribution in [3.8, 4) is 5.75 Å². The second-order valence-electron chi connectivity index (χ2n) is 7.70. The number of carbonyl (C=O) groups is 2. The molecule has 1 N–H and O–H groups in total. The lowest BCUT2D eigenvalue weighted by Gasteiger charge is -2.13. The average molecular weight is 510 g/mol. The first kappa shape index (κ1) is 24.1. The number of nitrogens with zero attached hydrogens (tertiary/aromatic N) is 2. The zero-order valence-electron chi connectivity index (χ0n) is 18.7. The summed E-state index contributed by atoms with van der Waals surface area (Å²) >= 11 is 8.07. The molecule has 1 aliphatic rings. The van der Waals surface area contributed by atoms with Crippen LogP contribution in [-0.2, 0) is 16.0 Å². The molecule has 0 radical (unpaired) electrons. The van der Waals surface area contributed by atoms with Gasteiger partial charge in [0.1, 0.15) is 10.1 Å². The van der Waals surface area contributed by atoms with Crippen LogP contribution in [0.25, 0.3) is 6.08 Å². The predicted octanol–water partition coefficient (Wildman–Crippen LogP) is 5.28. The first-order chi connectivity index (χ1) is 16.4. The van der Waals surface area contributed by atoms with E-state index >= 15 is 0 Å². The van der Waals surface area contributed by atoms with Crippen molar-refractivity contribution in [1.82, 2.24) is 9.88 Å². The molecule has 0 bridgehead atoms. The number of hydrogen-bond donors (Lipinski definition) is 1. The van der Waals surface area contributed by atoms with Crippen LogP contribution in [0.3, 0.4) is 0 Å². The lowest BCUT2D eigenvalue weighted by molar-refractivity contribution is -0.122. The Kier molecular flexibility index (Phi) is 7.77. The van der Waals surface area contributed by atoms with Gasteiger partial charge in [0, 0.05) is 30.5 Å². The molecule has 0 spiro atoms. The number of thiocarbonyl (C=S) groups is 1. The Bertz CT molecular complexity index is 1250. The molecule has 0 saturated carbocycles. The summed E-state index contributed by atoms with van der Waals surface area (Å²) in [6, 6.07) is 15.7. The van der Waals surface area contributed by atoms with Gasteiger partial charge in [-0.15, -0.1) is 11.3 Å². The van der Waals surface area contributed by atoms with E-state index in [2.05, 4.69) is 35.4 Å². The molecule has 6 nitrogen and oxygen atoms in total. The minimum absolute atomic E-state index is 0.134. The molecule has 2 amide bonds. The maximum absolute atomic E-state index is 12.8. The van der Waals surface area contributed by atoms with Crippen LogP contribution in [-0.4, -0.2) is 39.7 Å². The van der Waals surface area contributed by atoms with Gasteiger partial charge in [-0.05, 0) is 36.3 Å². The first-order valence-electron chi connectivity index (χ1n) is 10.6. The summed E-state index contributed by atoms with van der Waals surface area (Å²) in [7, 11) is 1.61. The topological polar surface area (TPSA) is 71.5 Å². The number of amides is 2. The number of nitrogens with one attached hydrogen (secondary N) is 1. The predicted molar refractivity (Wildman–Crippen MR) is 142 cm³/mol. The van der Waals surface area contributed by atoms with Gasteiger partial charge in [-0.1, -0.05) is 65.9 Å². The van der Waals surface area contributed by atoms with Crippen LogP contribution >= 0.6 is 35.3 Å². The van der Waals surface area contributed by atoms with Crippen molar-refractivity contribution in [3.63, 3.8) is 0 Å². The third-order valence-corrected chi connectivity index (χ3v) is 7.40. The largest absolute Gasteiger partial charge is 0.497 e. The Morgan fingerprint density at radius 3 is 2.76 bits per heavy atom. The van der Waals surface area contributed by atoms with Gasteiger partial charge in [0.25, 0.3) is 5.91 Å². The van der Waals surface area contributed by atoms with Gasteiger partial charge in [0.2, 0.25) is 5.91 Å². The van der Waals surface area contributed by atoms with Crippen molar-refractivity contribution in [2.24, 2.45) is 0 Å². The summed E-state index contributed by atoms with van der Waals surface area (Å²) < 4.78 is 5.61. The Balaban J connectivity index is 1.30. The van der Waals surface area contributed by atoms with Crippen LogP contribution in [0.4, 0.5) is 5.13 Å². The fraction of sp³-hybridized carbons (Fsp3) is 0.200. The summed E-state index contributed by atoms with van der Waals surface area (Å²) in [5, 5.41) is 3.38. The summed E-state index contributed by atoms with van der Waals surface area (Å²) in [5.74, 6) is 0.358. The normalized spacial score (nSPS) is 14.6. The van der Waals surface area contributed by atoms with Crippen molar-refractivity contribution in [1.29, 1.82) is 0 Å². The van der Waals surface area contributed by atoms with E-state index in [4.69, 9.17) is 17.0 Å². The number of thiazole rings is 1. The van der Waals surface area contributed by atoms with Crippen LogP contribution in [0.15, 0.2) is 59.6 Å². The molecule has 1 aliphatic heterocycles. The molecule has 2 aromatic carbocycles. The average Bonchev–Trinajstić information content (AvgIpc) is 3.36. The fourth-order valence-corrected chi connectivity index (χ4v) is 5.58. The molecule has 0 atom stereocenters. The number of thioether (sulfide) groups is 1. The number of methoxy groups -OCH3 is 1. The highest BCUT2D eigenvalue weighted by molar-refractivity contribution is 8.26. The SMILES string of the molecule is COc1ccc(/C=C2\SC(=S)N(CCC(=O)Nc3ncc(Cc4cccc(C)c4)s3)C2=O)cc1. The number of benzene rings is 2. The molecule has 0 unspecified atom stereocenters. The molecule has 0 aliphatic carbocycles. The lowest BCUT2D eigenvalue weighted by Crippen LogP contribution is -2.31. The highest BCUT2D eigenvalue weighted by Crippen LogP contribution is 2.33. The van der Waals surface area contributed by atoms with Crippen molar-refractivity contribution < 1.29 is 14.3 Å². The van der Waals surface area contributed by atoms with Crippen LogP contribution in [0.5, 0.6) is 5.75 Å². The van der Waals surface area contributed by atoms with Gasteiger partial charge in [-0.2, -0.15) is 0 Å². The van der Waals surface area contributed by atoms with Crippen LogP contribution in [0, 0.1) is 6.92 Å². The number of aromatic nitrogens is 1. The van der Waals surface area contributed by atoms with E-state index in [-0.39, 0.29) is 24.8 Å². The highest BCUT2D eigenvalue weighted by atomic mass is 32.2. The number of aryl methyl sites for hydroxylation is 1. The third kappa shape index (κ3) is 6.11. The van der Waals surface area contributed by atoms with Gasteiger partial charge < -0.3 is 10.1 Å². The van der Waals surface area contributed by atoms with Crippen molar-refractivity contribution in [2.75, 3.05) is 19.0 Å². The Labute approximate surface area is 212 Å². The van der Waals surface area contributed by atoms with E-state index in [1.807, 2.05) is 30.3 Å². The Morgan fingerprint density at radius 1 is 1.24 bits per heavy atom. The number of ether oxygens (including phenoxy) is 1. The minimum atomic E-state index is -0.204. The minimum Gasteiger partial charge on any atom is -0.497 e. The van der Waals surface area contributed by atoms with Crippen LogP contribution in [0.1, 0.15) is 28.0 Å². The van der Waals surface area contributed by atoms with E-state index in [1.165, 1.54) is 39.1 Å². The molecular formula is C25H23N3O3S3. The molecule has 9 heteroatoms. The number of rotatable bonds is 8. The summed E-state index contributed by atoms with van der Waals surface area (Å²) in [6.07, 6.45) is 4.49. The molecule has 1 aromatic heterocycles. The first-order valence-corrected chi connectivity index (χ1v) is 12.6. The second-order valence-corrected chi connectivity index (χ2v) is 10.5. The molecule has 2 heterocycles. The van der Waals surface area contributed by atoms with Crippen molar-refractivity contribution in [3.05, 3.63) is 81.2 Å². The lowest BCUT2D eigenvalue weighted by atomic mass is 10.1. The smallest absolute Gasteiger partial charge is 0.266 e. The monoisotopic (exact) mass is 509 g/mol. The zero-order valence-corrected chi connectivity index (χ0v) is 21.2. The number of hydrogen-bond acceptors (Lipinski definition) is 7. The summed E-state index contributed by atoms with van der Waals surface area (Å²) in [5.41, 5.74) is 3.30. The standard InChI is InChI=1S/C25H23N3O3S3/c1-16-4-3-5-18(12-16)13-20-15-26-24(33-20)27-22(29)10-11-28-23(30)21(34-25(28)32)14-17-6-8-19(31-2)9-7-17/h3-9,12,14-15H,10-11,13H2,1-2H3,(H,26,27,29)/b21-14-. The van der Waals surface area contributed by atoms with E-state index in [0.717, 1.165) is 22.6 Å².